The van der Waals surface area contributed by atoms with Crippen LogP contribution in [0.3, 0.4) is 0 Å². The van der Waals surface area contributed by atoms with Crippen molar-refractivity contribution in [1.82, 2.24) is 15.1 Å². The summed E-state index contributed by atoms with van der Waals surface area (Å²) in [5.74, 6) is -0.0450. The van der Waals surface area contributed by atoms with Crippen LogP contribution in [0.4, 0.5) is 0 Å². The first-order valence-electron chi connectivity index (χ1n) is 5.62. The molecule has 0 aliphatic heterocycles. The summed E-state index contributed by atoms with van der Waals surface area (Å²) in [5.41, 5.74) is 6.45. The molecule has 1 fully saturated rings. The van der Waals surface area contributed by atoms with Crippen molar-refractivity contribution in [1.29, 1.82) is 0 Å². The van der Waals surface area contributed by atoms with Gasteiger partial charge in [-0.05, 0) is 31.2 Å². The molecule has 1 aliphatic carbocycles. The molecule has 1 aliphatic rings. The normalized spacial score (nSPS) is 17.1. The number of nitrogens with one attached hydrogen (secondary N) is 1. The molecule has 1 aromatic rings. The fraction of sp³-hybridized carbons (Fsp3) is 0.636. The second-order valence-electron chi connectivity index (χ2n) is 4.62. The first-order chi connectivity index (χ1) is 7.65. The number of amides is 1. The molecule has 0 saturated heterocycles. The Morgan fingerprint density at radius 3 is 2.94 bits per heavy atom. The Kier molecular flexibility index (Phi) is 2.96. The Bertz CT molecular complexity index is 381. The molecule has 5 nitrogen and oxygen atoms in total. The molecule has 16 heavy (non-hydrogen) atoms. The maximum atomic E-state index is 11.7. The summed E-state index contributed by atoms with van der Waals surface area (Å²) in [6.45, 7) is 1.43. The van der Waals surface area contributed by atoms with Crippen LogP contribution >= 0.6 is 0 Å². The molecule has 5 heteroatoms. The quantitative estimate of drug-likeness (QED) is 0.751. The van der Waals surface area contributed by atoms with Crippen molar-refractivity contribution in [2.75, 3.05) is 13.1 Å². The highest BCUT2D eigenvalue weighted by Gasteiger charge is 2.41. The highest BCUT2D eigenvalue weighted by Crippen LogP contribution is 2.47. The lowest BCUT2D eigenvalue weighted by Crippen LogP contribution is -2.31. The Morgan fingerprint density at radius 1 is 1.69 bits per heavy atom. The lowest BCUT2D eigenvalue weighted by molar-refractivity contribution is 0.0944. The number of carbonyl (C=O) groups excluding carboxylic acids is 1. The van der Waals surface area contributed by atoms with Crippen LogP contribution in [0.2, 0.25) is 0 Å². The number of hydrogen-bond donors (Lipinski definition) is 2. The Balaban J connectivity index is 1.84. The monoisotopic (exact) mass is 222 g/mol. The van der Waals surface area contributed by atoms with E-state index in [1.165, 1.54) is 12.8 Å². The van der Waals surface area contributed by atoms with Crippen molar-refractivity contribution in [3.63, 3.8) is 0 Å². The van der Waals surface area contributed by atoms with Crippen molar-refractivity contribution in [2.24, 2.45) is 18.2 Å². The fourth-order valence-electron chi connectivity index (χ4n) is 1.91. The smallest absolute Gasteiger partial charge is 0.254 e. The molecule has 1 aromatic heterocycles. The summed E-state index contributed by atoms with van der Waals surface area (Å²) in [4.78, 5) is 11.7. The average Bonchev–Trinajstić information content (AvgIpc) is 2.89. The van der Waals surface area contributed by atoms with Gasteiger partial charge in [-0.25, -0.2) is 0 Å². The van der Waals surface area contributed by atoms with Gasteiger partial charge < -0.3 is 11.1 Å². The number of aromatic nitrogens is 2. The maximum Gasteiger partial charge on any atom is 0.254 e. The van der Waals surface area contributed by atoms with Gasteiger partial charge >= 0.3 is 0 Å². The third kappa shape index (κ3) is 2.41. The number of hydrogen-bond acceptors (Lipinski definition) is 3. The Hall–Kier alpha value is -1.36. The number of nitrogens with two attached hydrogens (primary N) is 1. The maximum absolute atomic E-state index is 11.7. The first kappa shape index (κ1) is 11.1. The van der Waals surface area contributed by atoms with E-state index in [2.05, 4.69) is 10.4 Å². The van der Waals surface area contributed by atoms with Crippen molar-refractivity contribution in [2.45, 2.75) is 19.3 Å². The van der Waals surface area contributed by atoms with Crippen LogP contribution in [0.15, 0.2) is 12.4 Å². The van der Waals surface area contributed by atoms with Crippen LogP contribution in [0.25, 0.3) is 0 Å². The van der Waals surface area contributed by atoms with Crippen LogP contribution in [0.1, 0.15) is 29.6 Å². The summed E-state index contributed by atoms with van der Waals surface area (Å²) < 4.78 is 1.63. The minimum atomic E-state index is -0.0450. The van der Waals surface area contributed by atoms with Gasteiger partial charge in [-0.3, -0.25) is 9.48 Å². The van der Waals surface area contributed by atoms with Gasteiger partial charge in [0.05, 0.1) is 11.8 Å². The summed E-state index contributed by atoms with van der Waals surface area (Å²) >= 11 is 0. The molecular weight excluding hydrogens is 204 g/mol. The summed E-state index contributed by atoms with van der Waals surface area (Å²) in [6, 6.07) is 0. The zero-order valence-corrected chi connectivity index (χ0v) is 9.57. The largest absolute Gasteiger partial charge is 0.351 e. The zero-order chi connectivity index (χ0) is 11.6. The van der Waals surface area contributed by atoms with E-state index in [4.69, 9.17) is 5.73 Å². The average molecular weight is 222 g/mol. The summed E-state index contributed by atoms with van der Waals surface area (Å²) in [5, 5.41) is 6.92. The third-order valence-electron chi connectivity index (χ3n) is 3.22. The number of rotatable bonds is 5. The minimum Gasteiger partial charge on any atom is -0.351 e. The SMILES string of the molecule is Cn1cc(C(=O)NCC2(CCN)CC2)cn1. The van der Waals surface area contributed by atoms with E-state index in [0.717, 1.165) is 13.0 Å². The Labute approximate surface area is 95.0 Å². The molecule has 0 radical (unpaired) electrons. The van der Waals surface area contributed by atoms with Crippen molar-refractivity contribution in [3.8, 4) is 0 Å². The molecule has 0 aromatic carbocycles. The van der Waals surface area contributed by atoms with Gasteiger partial charge in [0, 0.05) is 19.8 Å². The van der Waals surface area contributed by atoms with Gasteiger partial charge in [-0.1, -0.05) is 0 Å². The predicted octanol–water partition coefficient (Wildman–Crippen LogP) is 0.279. The molecule has 0 bridgehead atoms. The molecule has 1 amide bonds. The molecule has 1 saturated carbocycles. The van der Waals surface area contributed by atoms with Crippen LogP contribution in [0, 0.1) is 5.41 Å². The lowest BCUT2D eigenvalue weighted by atomic mass is 10.0. The topological polar surface area (TPSA) is 72.9 Å². The van der Waals surface area contributed by atoms with Gasteiger partial charge in [0.25, 0.3) is 5.91 Å². The zero-order valence-electron chi connectivity index (χ0n) is 9.57. The van der Waals surface area contributed by atoms with Gasteiger partial charge in [0.15, 0.2) is 0 Å². The van der Waals surface area contributed by atoms with Crippen LogP contribution < -0.4 is 11.1 Å². The molecule has 0 atom stereocenters. The molecule has 2 rings (SSSR count). The van der Waals surface area contributed by atoms with Gasteiger partial charge in [0.2, 0.25) is 0 Å². The van der Waals surface area contributed by atoms with Gasteiger partial charge in [-0.15, -0.1) is 0 Å². The second-order valence-corrected chi connectivity index (χ2v) is 4.62. The summed E-state index contributed by atoms with van der Waals surface area (Å²) in [7, 11) is 1.80. The molecule has 0 unspecified atom stereocenters. The van der Waals surface area contributed by atoms with E-state index in [1.807, 2.05) is 0 Å². The molecule has 88 valence electrons. The second kappa shape index (κ2) is 4.25. The van der Waals surface area contributed by atoms with Crippen LogP contribution in [-0.4, -0.2) is 28.8 Å². The van der Waals surface area contributed by atoms with E-state index in [1.54, 1.807) is 24.1 Å². The van der Waals surface area contributed by atoms with Crippen molar-refractivity contribution < 1.29 is 4.79 Å². The highest BCUT2D eigenvalue weighted by molar-refractivity contribution is 5.93. The van der Waals surface area contributed by atoms with E-state index < -0.39 is 0 Å². The van der Waals surface area contributed by atoms with Gasteiger partial charge in [0.1, 0.15) is 0 Å². The molecule has 0 spiro atoms. The van der Waals surface area contributed by atoms with Crippen molar-refractivity contribution >= 4 is 5.91 Å². The number of nitrogens with zero attached hydrogens (tertiary/aromatic N) is 2. The Morgan fingerprint density at radius 2 is 2.44 bits per heavy atom. The van der Waals surface area contributed by atoms with E-state index in [0.29, 0.717) is 12.1 Å². The molecule has 1 heterocycles. The summed E-state index contributed by atoms with van der Waals surface area (Å²) in [6.07, 6.45) is 6.66. The van der Waals surface area contributed by atoms with E-state index >= 15 is 0 Å². The first-order valence-corrected chi connectivity index (χ1v) is 5.62. The molecular formula is C11H18N4O. The lowest BCUT2D eigenvalue weighted by Gasteiger charge is -2.14. The standard InChI is InChI=1S/C11H18N4O/c1-15-7-9(6-14-15)10(16)13-8-11(2-3-11)4-5-12/h6-7H,2-5,8,12H2,1H3,(H,13,16). The minimum absolute atomic E-state index is 0.0450. The number of aryl methyl sites for hydroxylation is 1. The predicted molar refractivity (Wildman–Crippen MR) is 60.9 cm³/mol. The van der Waals surface area contributed by atoms with Crippen molar-refractivity contribution in [3.05, 3.63) is 18.0 Å². The van der Waals surface area contributed by atoms with Crippen LogP contribution in [-0.2, 0) is 7.05 Å². The molecule has 3 N–H and O–H groups in total. The van der Waals surface area contributed by atoms with Crippen LogP contribution in [0.5, 0.6) is 0 Å². The van der Waals surface area contributed by atoms with Gasteiger partial charge in [-0.2, -0.15) is 5.10 Å². The third-order valence-corrected chi connectivity index (χ3v) is 3.22. The van der Waals surface area contributed by atoms with E-state index in [9.17, 15) is 4.79 Å². The van der Waals surface area contributed by atoms with E-state index in [-0.39, 0.29) is 11.3 Å². The highest BCUT2D eigenvalue weighted by atomic mass is 16.1. The number of carbonyl (C=O) groups is 1. The fourth-order valence-corrected chi connectivity index (χ4v) is 1.91.